The van der Waals surface area contributed by atoms with E-state index in [-0.39, 0.29) is 5.84 Å². The average Bonchev–Trinajstić information content (AvgIpc) is 2.18. The predicted octanol–water partition coefficient (Wildman–Crippen LogP) is -0.591. The molecule has 4 N–H and O–H groups in total. The second kappa shape index (κ2) is 4.91. The summed E-state index contributed by atoms with van der Waals surface area (Å²) in [5.74, 6) is -0.175. The van der Waals surface area contributed by atoms with Crippen molar-refractivity contribution in [2.24, 2.45) is 5.73 Å². The van der Waals surface area contributed by atoms with E-state index in [1.807, 2.05) is 0 Å². The van der Waals surface area contributed by atoms with E-state index in [0.717, 1.165) is 0 Å². The normalized spacial score (nSPS) is 21.1. The molecule has 0 aromatic rings. The molecule has 15 heavy (non-hydrogen) atoms. The lowest BCUT2D eigenvalue weighted by molar-refractivity contribution is 0.0981. The monoisotopic (exact) mass is 235 g/mol. The van der Waals surface area contributed by atoms with Crippen LogP contribution in [0.2, 0.25) is 0 Å². The first-order chi connectivity index (χ1) is 6.93. The second-order valence-electron chi connectivity index (χ2n) is 3.65. The van der Waals surface area contributed by atoms with E-state index < -0.39 is 21.3 Å². The van der Waals surface area contributed by atoms with Crippen molar-refractivity contribution in [2.75, 3.05) is 13.2 Å². The average molecular weight is 235 g/mol. The Hall–Kier alpha value is -0.660. The molecule has 1 aliphatic heterocycles. The molecule has 88 valence electrons. The first-order valence-electron chi connectivity index (χ1n) is 4.86. The maximum atomic E-state index is 11.8. The maximum absolute atomic E-state index is 11.8. The number of hydrogen-bond acceptors (Lipinski definition) is 4. The third-order valence-corrected chi connectivity index (χ3v) is 4.45. The Kier molecular flexibility index (Phi) is 4.06. The van der Waals surface area contributed by atoms with Gasteiger partial charge >= 0.3 is 0 Å². The molecule has 1 aliphatic rings. The lowest BCUT2D eigenvalue weighted by Gasteiger charge is -2.24. The van der Waals surface area contributed by atoms with Crippen LogP contribution in [0.3, 0.4) is 0 Å². The van der Waals surface area contributed by atoms with Crippen molar-refractivity contribution in [2.45, 2.75) is 31.1 Å². The van der Waals surface area contributed by atoms with Gasteiger partial charge in [-0.15, -0.1) is 0 Å². The van der Waals surface area contributed by atoms with Crippen LogP contribution in [0.1, 0.15) is 19.8 Å². The van der Waals surface area contributed by atoms with Crippen LogP contribution in [0.15, 0.2) is 0 Å². The zero-order valence-electron chi connectivity index (χ0n) is 8.69. The summed E-state index contributed by atoms with van der Waals surface area (Å²) in [7, 11) is -3.38. The summed E-state index contributed by atoms with van der Waals surface area (Å²) in [6.45, 7) is 2.50. The van der Waals surface area contributed by atoms with E-state index in [9.17, 15) is 8.42 Å². The highest BCUT2D eigenvalue weighted by molar-refractivity contribution is 7.90. The fourth-order valence-electron chi connectivity index (χ4n) is 1.39. The van der Waals surface area contributed by atoms with Crippen LogP contribution in [0.25, 0.3) is 0 Å². The van der Waals surface area contributed by atoms with E-state index in [1.54, 1.807) is 6.92 Å². The second-order valence-corrected chi connectivity index (χ2v) is 5.64. The van der Waals surface area contributed by atoms with Crippen molar-refractivity contribution in [1.82, 2.24) is 4.72 Å². The number of nitrogens with one attached hydrogen (secondary N) is 2. The van der Waals surface area contributed by atoms with E-state index in [0.29, 0.717) is 26.1 Å². The summed E-state index contributed by atoms with van der Waals surface area (Å²) in [6.07, 6.45) is 1.000. The van der Waals surface area contributed by atoms with Crippen LogP contribution >= 0.6 is 0 Å². The van der Waals surface area contributed by atoms with E-state index in [4.69, 9.17) is 15.9 Å². The third kappa shape index (κ3) is 3.44. The molecule has 1 saturated heterocycles. The summed E-state index contributed by atoms with van der Waals surface area (Å²) in [6, 6.07) is -0.641. The number of ether oxygens (including phenoxy) is 1. The van der Waals surface area contributed by atoms with Crippen LogP contribution in [0, 0.1) is 5.41 Å². The molecule has 0 spiro atoms. The molecule has 1 unspecified atom stereocenters. The molecule has 0 aliphatic carbocycles. The standard InChI is InChI=1S/C8H17N3O3S/c1-6(8(9)10)11-15(12,13)7-2-4-14-5-3-7/h6-7,11H,2-5H2,1H3,(H3,9,10). The van der Waals surface area contributed by atoms with Gasteiger partial charge in [0.15, 0.2) is 0 Å². The van der Waals surface area contributed by atoms with Gasteiger partial charge in [0.25, 0.3) is 0 Å². The van der Waals surface area contributed by atoms with Gasteiger partial charge in [0, 0.05) is 13.2 Å². The lowest BCUT2D eigenvalue weighted by atomic mass is 10.2. The topological polar surface area (TPSA) is 105 Å². The highest BCUT2D eigenvalue weighted by atomic mass is 32.2. The van der Waals surface area contributed by atoms with E-state index in [1.165, 1.54) is 0 Å². The zero-order chi connectivity index (χ0) is 11.5. The van der Waals surface area contributed by atoms with Gasteiger partial charge in [-0.3, -0.25) is 5.41 Å². The molecule has 7 heteroatoms. The van der Waals surface area contributed by atoms with Crippen molar-refractivity contribution in [3.63, 3.8) is 0 Å². The minimum Gasteiger partial charge on any atom is -0.386 e. The Balaban J connectivity index is 2.61. The summed E-state index contributed by atoms with van der Waals surface area (Å²) >= 11 is 0. The highest BCUT2D eigenvalue weighted by Gasteiger charge is 2.29. The van der Waals surface area contributed by atoms with Crippen molar-refractivity contribution in [3.05, 3.63) is 0 Å². The summed E-state index contributed by atoms with van der Waals surface area (Å²) in [4.78, 5) is 0. The van der Waals surface area contributed by atoms with Gasteiger partial charge in [-0.25, -0.2) is 13.1 Å². The van der Waals surface area contributed by atoms with Crippen LogP contribution in [0.5, 0.6) is 0 Å². The highest BCUT2D eigenvalue weighted by Crippen LogP contribution is 2.14. The number of amidine groups is 1. The summed E-state index contributed by atoms with van der Waals surface area (Å²) < 4.78 is 31.0. The molecule has 0 bridgehead atoms. The van der Waals surface area contributed by atoms with Gasteiger partial charge in [0.1, 0.15) is 5.84 Å². The van der Waals surface area contributed by atoms with E-state index in [2.05, 4.69) is 4.72 Å². The lowest BCUT2D eigenvalue weighted by Crippen LogP contribution is -2.46. The molecule has 1 atom stereocenters. The number of rotatable bonds is 4. The molecular formula is C8H17N3O3S. The van der Waals surface area contributed by atoms with Crippen LogP contribution in [-0.4, -0.2) is 38.8 Å². The zero-order valence-corrected chi connectivity index (χ0v) is 9.51. The van der Waals surface area contributed by atoms with Crippen molar-refractivity contribution in [3.8, 4) is 0 Å². The molecule has 1 fully saturated rings. The van der Waals surface area contributed by atoms with Crippen molar-refractivity contribution in [1.29, 1.82) is 5.41 Å². The minimum atomic E-state index is -3.38. The Morgan fingerprint density at radius 2 is 2.07 bits per heavy atom. The first kappa shape index (κ1) is 12.4. The SMILES string of the molecule is CC(NS(=O)(=O)C1CCOCC1)C(=N)N. The Bertz CT molecular complexity index is 322. The predicted molar refractivity (Wildman–Crippen MR) is 57.3 cm³/mol. The summed E-state index contributed by atoms with van der Waals surface area (Å²) in [5.41, 5.74) is 5.20. The summed E-state index contributed by atoms with van der Waals surface area (Å²) in [5, 5.41) is 6.70. The molecule has 0 radical (unpaired) electrons. The Labute approximate surface area is 89.7 Å². The molecule has 1 rings (SSSR count). The third-order valence-electron chi connectivity index (χ3n) is 2.41. The van der Waals surface area contributed by atoms with Gasteiger partial charge < -0.3 is 10.5 Å². The smallest absolute Gasteiger partial charge is 0.215 e. The van der Waals surface area contributed by atoms with Crippen LogP contribution in [-0.2, 0) is 14.8 Å². The minimum absolute atomic E-state index is 0.175. The Morgan fingerprint density at radius 3 is 2.53 bits per heavy atom. The Morgan fingerprint density at radius 1 is 1.53 bits per heavy atom. The van der Waals surface area contributed by atoms with Gasteiger partial charge in [-0.05, 0) is 19.8 Å². The largest absolute Gasteiger partial charge is 0.386 e. The number of hydrogen-bond donors (Lipinski definition) is 3. The van der Waals surface area contributed by atoms with Crippen molar-refractivity contribution >= 4 is 15.9 Å². The van der Waals surface area contributed by atoms with Gasteiger partial charge in [0.2, 0.25) is 10.0 Å². The maximum Gasteiger partial charge on any atom is 0.215 e. The molecular weight excluding hydrogens is 218 g/mol. The fraction of sp³-hybridized carbons (Fsp3) is 0.875. The number of sulfonamides is 1. The first-order valence-corrected chi connectivity index (χ1v) is 6.41. The fourth-order valence-corrected chi connectivity index (χ4v) is 3.02. The van der Waals surface area contributed by atoms with Crippen molar-refractivity contribution < 1.29 is 13.2 Å². The number of nitrogens with two attached hydrogens (primary N) is 1. The van der Waals surface area contributed by atoms with Gasteiger partial charge in [-0.1, -0.05) is 0 Å². The van der Waals surface area contributed by atoms with Crippen LogP contribution < -0.4 is 10.5 Å². The van der Waals surface area contributed by atoms with E-state index >= 15 is 0 Å². The molecule has 0 saturated carbocycles. The van der Waals surface area contributed by atoms with Gasteiger partial charge in [0.05, 0.1) is 11.3 Å². The quantitative estimate of drug-likeness (QED) is 0.447. The van der Waals surface area contributed by atoms with Crippen LogP contribution in [0.4, 0.5) is 0 Å². The molecule has 0 amide bonds. The van der Waals surface area contributed by atoms with Gasteiger partial charge in [-0.2, -0.15) is 0 Å². The molecule has 6 nitrogen and oxygen atoms in total. The molecule has 1 heterocycles. The molecule has 0 aromatic carbocycles. The molecule has 0 aromatic heterocycles.